The third kappa shape index (κ3) is 4.41. The number of fused-ring (bicyclic) bond motifs is 1. The number of amides is 1. The van der Waals surface area contributed by atoms with E-state index in [9.17, 15) is 13.2 Å². The van der Waals surface area contributed by atoms with Gasteiger partial charge in [-0.25, -0.2) is 13.4 Å². The van der Waals surface area contributed by atoms with Gasteiger partial charge in [-0.2, -0.15) is 0 Å². The molecule has 5 rings (SSSR count). The Labute approximate surface area is 198 Å². The second-order valence-corrected chi connectivity index (χ2v) is 10.6. The Hall–Kier alpha value is -3.65. The first-order chi connectivity index (χ1) is 16.2. The van der Waals surface area contributed by atoms with Crippen molar-refractivity contribution in [1.29, 1.82) is 0 Å². The largest absolute Gasteiger partial charge is 0.342 e. The number of carbonyl (C=O) groups excluding carboxylic acids is 1. The zero-order valence-corrected chi connectivity index (χ0v) is 19.9. The number of rotatable bonds is 7. The Morgan fingerprint density at radius 2 is 1.68 bits per heavy atom. The highest BCUT2D eigenvalue weighted by Crippen LogP contribution is 2.45. The molecule has 3 aromatic carbocycles. The summed E-state index contributed by atoms with van der Waals surface area (Å²) in [6, 6.07) is 23.2. The minimum Gasteiger partial charge on any atom is -0.342 e. The van der Waals surface area contributed by atoms with Crippen molar-refractivity contribution in [3.05, 3.63) is 95.3 Å². The normalized spacial score (nSPS) is 14.6. The van der Waals surface area contributed by atoms with Gasteiger partial charge in [-0.15, -0.1) is 0 Å². The fraction of sp³-hybridized carbons (Fsp3) is 0.231. The van der Waals surface area contributed by atoms with Crippen LogP contribution in [0.4, 0.5) is 5.69 Å². The lowest BCUT2D eigenvalue weighted by Crippen LogP contribution is -2.35. The number of nitrogens with zero attached hydrogens (tertiary/aromatic N) is 2. The van der Waals surface area contributed by atoms with E-state index < -0.39 is 15.6 Å². The number of hydrogen-bond acceptors (Lipinski definition) is 4. The van der Waals surface area contributed by atoms with Gasteiger partial charge in [-0.1, -0.05) is 60.7 Å². The predicted octanol–water partition coefficient (Wildman–Crippen LogP) is 4.18. The molecule has 0 saturated heterocycles. The summed E-state index contributed by atoms with van der Waals surface area (Å²) < 4.78 is 28.3. The van der Waals surface area contributed by atoms with E-state index in [0.717, 1.165) is 36.0 Å². The van der Waals surface area contributed by atoms with Crippen molar-refractivity contribution >= 4 is 32.7 Å². The van der Waals surface area contributed by atoms with Crippen molar-refractivity contribution in [3.63, 3.8) is 0 Å². The molecule has 0 aliphatic heterocycles. The van der Waals surface area contributed by atoms with Crippen LogP contribution in [0.3, 0.4) is 0 Å². The SMILES string of the molecule is Cc1nc2cc(NS(C)(=O)=O)cc(C(=O)NC3(c4ccccc4)CC3)c2n1Cc1ccccc1. The maximum absolute atomic E-state index is 13.7. The summed E-state index contributed by atoms with van der Waals surface area (Å²) >= 11 is 0. The minimum absolute atomic E-state index is 0.252. The highest BCUT2D eigenvalue weighted by atomic mass is 32.2. The average molecular weight is 475 g/mol. The van der Waals surface area contributed by atoms with E-state index in [4.69, 9.17) is 0 Å². The molecule has 0 unspecified atom stereocenters. The van der Waals surface area contributed by atoms with Crippen molar-refractivity contribution in [2.45, 2.75) is 31.8 Å². The van der Waals surface area contributed by atoms with Gasteiger partial charge in [0, 0.05) is 6.54 Å². The molecule has 0 radical (unpaired) electrons. The molecule has 1 aliphatic rings. The number of hydrogen-bond donors (Lipinski definition) is 2. The molecule has 8 heteroatoms. The van der Waals surface area contributed by atoms with Crippen LogP contribution in [0.5, 0.6) is 0 Å². The van der Waals surface area contributed by atoms with Crippen LogP contribution >= 0.6 is 0 Å². The summed E-state index contributed by atoms with van der Waals surface area (Å²) in [5.74, 6) is 0.492. The van der Waals surface area contributed by atoms with Gasteiger partial charge < -0.3 is 9.88 Å². The topological polar surface area (TPSA) is 93.1 Å². The Morgan fingerprint density at radius 1 is 1.03 bits per heavy atom. The Morgan fingerprint density at radius 3 is 2.29 bits per heavy atom. The van der Waals surface area contributed by atoms with Crippen LogP contribution in [-0.4, -0.2) is 30.1 Å². The van der Waals surface area contributed by atoms with E-state index in [1.807, 2.05) is 72.2 Å². The van der Waals surface area contributed by atoms with Crippen LogP contribution in [0.25, 0.3) is 11.0 Å². The standard InChI is InChI=1S/C26H26N4O3S/c1-18-27-23-16-21(29-34(2,32)33)15-22(24(23)30(18)17-19-9-5-3-6-10-19)25(31)28-26(13-14-26)20-11-7-4-8-12-20/h3-12,15-16,29H,13-14,17H2,1-2H3,(H,28,31). The van der Waals surface area contributed by atoms with Crippen molar-refractivity contribution in [2.24, 2.45) is 0 Å². The maximum Gasteiger partial charge on any atom is 0.254 e. The zero-order valence-electron chi connectivity index (χ0n) is 19.1. The summed E-state index contributed by atoms with van der Waals surface area (Å²) in [4.78, 5) is 18.4. The molecule has 1 aromatic heterocycles. The molecule has 7 nitrogen and oxygen atoms in total. The summed E-state index contributed by atoms with van der Waals surface area (Å²) in [5, 5.41) is 3.23. The first kappa shape index (κ1) is 22.2. The highest BCUT2D eigenvalue weighted by Gasteiger charge is 2.46. The second kappa shape index (κ2) is 8.29. The number of aromatic nitrogens is 2. The number of imidazole rings is 1. The van der Waals surface area contributed by atoms with Gasteiger partial charge in [-0.05, 0) is 43.0 Å². The van der Waals surface area contributed by atoms with E-state index in [0.29, 0.717) is 28.8 Å². The molecule has 34 heavy (non-hydrogen) atoms. The first-order valence-corrected chi connectivity index (χ1v) is 13.0. The van der Waals surface area contributed by atoms with Crippen molar-refractivity contribution < 1.29 is 13.2 Å². The summed E-state index contributed by atoms with van der Waals surface area (Å²) in [5.41, 5.74) is 3.70. The summed E-state index contributed by atoms with van der Waals surface area (Å²) in [6.45, 7) is 2.44. The van der Waals surface area contributed by atoms with E-state index in [-0.39, 0.29) is 5.91 Å². The number of aryl methyl sites for hydroxylation is 1. The smallest absolute Gasteiger partial charge is 0.254 e. The van der Waals surface area contributed by atoms with Crippen LogP contribution < -0.4 is 10.0 Å². The van der Waals surface area contributed by atoms with Crippen LogP contribution in [0.1, 0.15) is 40.2 Å². The lowest BCUT2D eigenvalue weighted by Gasteiger charge is -2.19. The van der Waals surface area contributed by atoms with Crippen LogP contribution in [0.15, 0.2) is 72.8 Å². The molecule has 0 atom stereocenters. The number of sulfonamides is 1. The van der Waals surface area contributed by atoms with Crippen molar-refractivity contribution in [1.82, 2.24) is 14.9 Å². The van der Waals surface area contributed by atoms with Gasteiger partial charge in [-0.3, -0.25) is 9.52 Å². The molecule has 2 N–H and O–H groups in total. The van der Waals surface area contributed by atoms with E-state index >= 15 is 0 Å². The highest BCUT2D eigenvalue weighted by molar-refractivity contribution is 7.92. The fourth-order valence-corrected chi connectivity index (χ4v) is 4.99. The molecule has 174 valence electrons. The van der Waals surface area contributed by atoms with Gasteiger partial charge in [0.1, 0.15) is 5.82 Å². The second-order valence-electron chi connectivity index (χ2n) is 8.90. The van der Waals surface area contributed by atoms with Crippen molar-refractivity contribution in [2.75, 3.05) is 11.0 Å². The molecule has 0 spiro atoms. The molecule has 1 aliphatic carbocycles. The van der Waals surface area contributed by atoms with Gasteiger partial charge in [0.2, 0.25) is 10.0 Å². The number of carbonyl (C=O) groups is 1. The minimum atomic E-state index is -3.52. The first-order valence-electron chi connectivity index (χ1n) is 11.1. The van der Waals surface area contributed by atoms with E-state index in [1.165, 1.54) is 0 Å². The fourth-order valence-electron chi connectivity index (χ4n) is 4.44. The van der Waals surface area contributed by atoms with Crippen LogP contribution in [0, 0.1) is 6.92 Å². The third-order valence-electron chi connectivity index (χ3n) is 6.19. The molecule has 1 heterocycles. The van der Waals surface area contributed by atoms with Gasteiger partial charge in [0.15, 0.2) is 0 Å². The molecular formula is C26H26N4O3S. The van der Waals surface area contributed by atoms with Gasteiger partial charge >= 0.3 is 0 Å². The van der Waals surface area contributed by atoms with E-state index in [2.05, 4.69) is 15.0 Å². The monoisotopic (exact) mass is 474 g/mol. The number of nitrogens with one attached hydrogen (secondary N) is 2. The zero-order chi connectivity index (χ0) is 23.9. The third-order valence-corrected chi connectivity index (χ3v) is 6.80. The van der Waals surface area contributed by atoms with Crippen molar-refractivity contribution in [3.8, 4) is 0 Å². The Kier molecular flexibility index (Phi) is 5.40. The number of anilines is 1. The average Bonchev–Trinajstić information content (AvgIpc) is 3.51. The molecular weight excluding hydrogens is 448 g/mol. The summed E-state index contributed by atoms with van der Waals surface area (Å²) in [6.07, 6.45) is 2.80. The quantitative estimate of drug-likeness (QED) is 0.420. The molecule has 4 aromatic rings. The maximum atomic E-state index is 13.7. The lowest BCUT2D eigenvalue weighted by atomic mass is 10.0. The number of benzene rings is 3. The van der Waals surface area contributed by atoms with Crippen LogP contribution in [0.2, 0.25) is 0 Å². The Balaban J connectivity index is 1.61. The van der Waals surface area contributed by atoms with Gasteiger partial charge in [0.25, 0.3) is 5.91 Å². The van der Waals surface area contributed by atoms with Crippen LogP contribution in [-0.2, 0) is 22.1 Å². The molecule has 0 bridgehead atoms. The van der Waals surface area contributed by atoms with Gasteiger partial charge in [0.05, 0.1) is 34.1 Å². The molecule has 1 fully saturated rings. The molecule has 1 amide bonds. The molecule has 1 saturated carbocycles. The lowest BCUT2D eigenvalue weighted by molar-refractivity contribution is 0.0932. The Bertz CT molecular complexity index is 1480. The predicted molar refractivity (Wildman–Crippen MR) is 133 cm³/mol. The summed E-state index contributed by atoms with van der Waals surface area (Å²) in [7, 11) is -3.52. The van der Waals surface area contributed by atoms with E-state index in [1.54, 1.807) is 12.1 Å².